The van der Waals surface area contributed by atoms with Gasteiger partial charge >= 0.3 is 5.97 Å². The molecule has 3 rings (SSSR count). The van der Waals surface area contributed by atoms with Crippen molar-refractivity contribution in [2.75, 3.05) is 7.05 Å². The Morgan fingerprint density at radius 1 is 1.00 bits per heavy atom. The summed E-state index contributed by atoms with van der Waals surface area (Å²) in [6.07, 6.45) is -1.15. The van der Waals surface area contributed by atoms with Gasteiger partial charge in [0, 0.05) is 19.2 Å². The van der Waals surface area contributed by atoms with Crippen LogP contribution in [0.15, 0.2) is 83.8 Å². The minimum atomic E-state index is -3.77. The number of hydrogen-bond acceptors (Lipinski definition) is 4. The molecule has 0 fully saturated rings. The van der Waals surface area contributed by atoms with E-state index in [1.807, 2.05) is 0 Å². The van der Waals surface area contributed by atoms with E-state index in [1.165, 1.54) is 19.2 Å². The van der Waals surface area contributed by atoms with Crippen LogP contribution in [0.25, 0.3) is 0 Å². The SMILES string of the molecule is CN(Cc1ccc(OC(C(=O)O)c2ccccc2)cc1)S(=O)(=O)c1ccc(F)cc1. The molecule has 0 aliphatic rings. The van der Waals surface area contributed by atoms with Crippen LogP contribution in [-0.4, -0.2) is 30.8 Å². The van der Waals surface area contributed by atoms with E-state index in [2.05, 4.69) is 0 Å². The van der Waals surface area contributed by atoms with Gasteiger partial charge in [-0.25, -0.2) is 17.6 Å². The normalized spacial score (nSPS) is 12.5. The summed E-state index contributed by atoms with van der Waals surface area (Å²) in [6, 6.07) is 19.7. The molecule has 0 heterocycles. The molecular formula is C22H20FNO5S. The predicted octanol–water partition coefficient (Wildman–Crippen LogP) is 3.85. The summed E-state index contributed by atoms with van der Waals surface area (Å²) in [6.45, 7) is 0.0844. The van der Waals surface area contributed by atoms with Crippen LogP contribution in [-0.2, 0) is 21.4 Å². The van der Waals surface area contributed by atoms with Crippen molar-refractivity contribution in [1.82, 2.24) is 4.31 Å². The van der Waals surface area contributed by atoms with Crippen LogP contribution < -0.4 is 4.74 Å². The van der Waals surface area contributed by atoms with E-state index >= 15 is 0 Å². The van der Waals surface area contributed by atoms with E-state index in [0.29, 0.717) is 16.9 Å². The van der Waals surface area contributed by atoms with E-state index in [0.717, 1.165) is 16.4 Å². The van der Waals surface area contributed by atoms with E-state index in [1.54, 1.807) is 54.6 Å². The third-order valence-corrected chi connectivity index (χ3v) is 6.25. The maximum Gasteiger partial charge on any atom is 0.349 e. The van der Waals surface area contributed by atoms with Gasteiger partial charge in [-0.15, -0.1) is 0 Å². The van der Waals surface area contributed by atoms with E-state index in [4.69, 9.17) is 4.74 Å². The smallest absolute Gasteiger partial charge is 0.349 e. The summed E-state index contributed by atoms with van der Waals surface area (Å²) in [5.41, 5.74) is 1.20. The van der Waals surface area contributed by atoms with Crippen molar-refractivity contribution >= 4 is 16.0 Å². The number of benzene rings is 3. The first-order chi connectivity index (χ1) is 14.3. The van der Waals surface area contributed by atoms with E-state index in [-0.39, 0.29) is 11.4 Å². The van der Waals surface area contributed by atoms with Gasteiger partial charge in [0.25, 0.3) is 0 Å². The first-order valence-corrected chi connectivity index (χ1v) is 10.5. The minimum absolute atomic E-state index is 0.00138. The highest BCUT2D eigenvalue weighted by molar-refractivity contribution is 7.89. The molecule has 0 aliphatic carbocycles. The van der Waals surface area contributed by atoms with Crippen LogP contribution in [0.3, 0.4) is 0 Å². The number of carboxylic acid groups (broad SMARTS) is 1. The molecule has 0 radical (unpaired) electrons. The lowest BCUT2D eigenvalue weighted by molar-refractivity contribution is -0.145. The number of hydrogen-bond donors (Lipinski definition) is 1. The highest BCUT2D eigenvalue weighted by Crippen LogP contribution is 2.24. The van der Waals surface area contributed by atoms with Crippen LogP contribution in [0.1, 0.15) is 17.2 Å². The van der Waals surface area contributed by atoms with Crippen LogP contribution in [0.2, 0.25) is 0 Å². The van der Waals surface area contributed by atoms with Crippen LogP contribution in [0.4, 0.5) is 4.39 Å². The molecule has 0 saturated carbocycles. The van der Waals surface area contributed by atoms with Gasteiger partial charge in [0.1, 0.15) is 11.6 Å². The molecule has 0 amide bonds. The molecule has 0 aliphatic heterocycles. The van der Waals surface area contributed by atoms with Gasteiger partial charge in [0.2, 0.25) is 16.1 Å². The van der Waals surface area contributed by atoms with Gasteiger partial charge in [0.15, 0.2) is 0 Å². The first kappa shape index (κ1) is 21.5. The zero-order chi connectivity index (χ0) is 21.7. The third kappa shape index (κ3) is 5.03. The number of carbonyl (C=O) groups is 1. The lowest BCUT2D eigenvalue weighted by Crippen LogP contribution is -2.26. The monoisotopic (exact) mass is 429 g/mol. The van der Waals surface area contributed by atoms with Crippen molar-refractivity contribution in [2.45, 2.75) is 17.5 Å². The van der Waals surface area contributed by atoms with Gasteiger partial charge in [-0.05, 0) is 42.0 Å². The van der Waals surface area contributed by atoms with E-state index in [9.17, 15) is 22.7 Å². The molecule has 1 unspecified atom stereocenters. The Morgan fingerprint density at radius 2 is 1.60 bits per heavy atom. The van der Waals surface area contributed by atoms with Crippen molar-refractivity contribution < 1.29 is 27.4 Å². The molecule has 3 aromatic rings. The molecule has 0 spiro atoms. The van der Waals surface area contributed by atoms with Gasteiger partial charge in [-0.1, -0.05) is 42.5 Å². The minimum Gasteiger partial charge on any atom is -0.478 e. The van der Waals surface area contributed by atoms with Crippen molar-refractivity contribution in [3.05, 3.63) is 95.8 Å². The fourth-order valence-corrected chi connectivity index (χ4v) is 3.99. The number of nitrogens with zero attached hydrogens (tertiary/aromatic N) is 1. The molecule has 0 aromatic heterocycles. The maximum absolute atomic E-state index is 13.1. The summed E-state index contributed by atoms with van der Waals surface area (Å²) in [5, 5.41) is 9.45. The Bertz CT molecular complexity index is 1100. The quantitative estimate of drug-likeness (QED) is 0.588. The molecular weight excluding hydrogens is 409 g/mol. The number of rotatable bonds is 8. The predicted molar refractivity (Wildman–Crippen MR) is 109 cm³/mol. The summed E-state index contributed by atoms with van der Waals surface area (Å²) in [5.74, 6) is -1.28. The topological polar surface area (TPSA) is 83.9 Å². The average molecular weight is 429 g/mol. The fraction of sp³-hybridized carbons (Fsp3) is 0.136. The van der Waals surface area contributed by atoms with Crippen molar-refractivity contribution in [2.24, 2.45) is 0 Å². The second-order valence-corrected chi connectivity index (χ2v) is 8.65. The van der Waals surface area contributed by atoms with Crippen LogP contribution in [0, 0.1) is 5.82 Å². The first-order valence-electron chi connectivity index (χ1n) is 9.02. The van der Waals surface area contributed by atoms with Crippen molar-refractivity contribution in [3.8, 4) is 5.75 Å². The molecule has 6 nitrogen and oxygen atoms in total. The number of sulfonamides is 1. The van der Waals surface area contributed by atoms with Crippen LogP contribution >= 0.6 is 0 Å². The zero-order valence-electron chi connectivity index (χ0n) is 16.1. The Morgan fingerprint density at radius 3 is 2.17 bits per heavy atom. The summed E-state index contributed by atoms with van der Waals surface area (Å²) < 4.78 is 45.0. The van der Waals surface area contributed by atoms with Crippen molar-refractivity contribution in [1.29, 1.82) is 0 Å². The highest BCUT2D eigenvalue weighted by atomic mass is 32.2. The average Bonchev–Trinajstić information content (AvgIpc) is 2.74. The second-order valence-electron chi connectivity index (χ2n) is 6.61. The number of aliphatic carboxylic acids is 1. The maximum atomic E-state index is 13.1. The summed E-state index contributed by atoms with van der Waals surface area (Å²) in [7, 11) is -2.34. The van der Waals surface area contributed by atoms with Gasteiger partial charge in [-0.2, -0.15) is 4.31 Å². The number of ether oxygens (including phenoxy) is 1. The fourth-order valence-electron chi connectivity index (χ4n) is 2.83. The molecule has 8 heteroatoms. The zero-order valence-corrected chi connectivity index (χ0v) is 16.9. The molecule has 0 bridgehead atoms. The Kier molecular flexibility index (Phi) is 6.49. The Labute approximate surface area is 174 Å². The Balaban J connectivity index is 1.71. The third-order valence-electron chi connectivity index (χ3n) is 4.43. The summed E-state index contributed by atoms with van der Waals surface area (Å²) >= 11 is 0. The largest absolute Gasteiger partial charge is 0.478 e. The number of carboxylic acids is 1. The summed E-state index contributed by atoms with van der Waals surface area (Å²) in [4.78, 5) is 11.6. The molecule has 1 atom stereocenters. The van der Waals surface area contributed by atoms with Gasteiger partial charge < -0.3 is 9.84 Å². The lowest BCUT2D eigenvalue weighted by atomic mass is 10.1. The molecule has 1 N–H and O–H groups in total. The lowest BCUT2D eigenvalue weighted by Gasteiger charge is -2.18. The molecule has 3 aromatic carbocycles. The molecule has 0 saturated heterocycles. The van der Waals surface area contributed by atoms with Gasteiger partial charge in [0.05, 0.1) is 4.90 Å². The van der Waals surface area contributed by atoms with Crippen LogP contribution in [0.5, 0.6) is 5.75 Å². The molecule has 156 valence electrons. The standard InChI is InChI=1S/C22H20FNO5S/c1-24(30(27,28)20-13-9-18(23)10-14-20)15-16-7-11-19(12-8-16)29-21(22(25)26)17-5-3-2-4-6-17/h2-14,21H,15H2,1H3,(H,25,26). The highest BCUT2D eigenvalue weighted by Gasteiger charge is 2.23. The number of halogens is 1. The van der Waals surface area contributed by atoms with E-state index < -0.39 is 27.9 Å². The second kappa shape index (κ2) is 9.06. The molecule has 30 heavy (non-hydrogen) atoms. The van der Waals surface area contributed by atoms with Gasteiger partial charge in [-0.3, -0.25) is 0 Å². The Hall–Kier alpha value is -3.23. The van der Waals surface area contributed by atoms with Crippen molar-refractivity contribution in [3.63, 3.8) is 0 Å².